The van der Waals surface area contributed by atoms with Crippen molar-refractivity contribution < 1.29 is 18.3 Å². The molecular weight excluding hydrogens is 278 g/mol. The van der Waals surface area contributed by atoms with Crippen LogP contribution in [0, 0.1) is 23.7 Å². The number of ether oxygens (including phenoxy) is 2. The second-order valence-electron chi connectivity index (χ2n) is 4.37. The van der Waals surface area contributed by atoms with Crippen LogP contribution in [-0.2, 0) is 6.54 Å². The van der Waals surface area contributed by atoms with E-state index in [1.165, 1.54) is 6.07 Å². The SMILES string of the molecule is C#CCn1cc(C#N)c(-c2cccc3c2OC(F)(F)O3)c1. The average Bonchev–Trinajstić information content (AvgIpc) is 2.97. The largest absolute Gasteiger partial charge is 0.586 e. The molecular formula is C15H8F2N2O2. The molecule has 0 unspecified atom stereocenters. The number of terminal acetylenes is 1. The summed E-state index contributed by atoms with van der Waals surface area (Å²) < 4.78 is 37.0. The molecule has 0 atom stereocenters. The second-order valence-corrected chi connectivity index (χ2v) is 4.37. The Morgan fingerprint density at radius 2 is 2.05 bits per heavy atom. The predicted octanol–water partition coefficient (Wildman–Crippen LogP) is 2.98. The third-order valence-electron chi connectivity index (χ3n) is 2.99. The van der Waals surface area contributed by atoms with Crippen molar-refractivity contribution in [1.82, 2.24) is 4.57 Å². The Kier molecular flexibility index (Phi) is 2.81. The normalized spacial score (nSPS) is 14.5. The number of benzene rings is 1. The number of hydrogen-bond acceptors (Lipinski definition) is 3. The van der Waals surface area contributed by atoms with E-state index in [9.17, 15) is 14.0 Å². The molecule has 4 nitrogen and oxygen atoms in total. The summed E-state index contributed by atoms with van der Waals surface area (Å²) in [5.41, 5.74) is 1.14. The van der Waals surface area contributed by atoms with Crippen LogP contribution in [0.2, 0.25) is 0 Å². The van der Waals surface area contributed by atoms with Crippen molar-refractivity contribution in [2.75, 3.05) is 0 Å². The number of aromatic nitrogens is 1. The second kappa shape index (κ2) is 4.53. The lowest BCUT2D eigenvalue weighted by Gasteiger charge is -2.06. The highest BCUT2D eigenvalue weighted by atomic mass is 19.3. The Balaban J connectivity index is 2.14. The van der Waals surface area contributed by atoms with E-state index in [4.69, 9.17) is 6.42 Å². The maximum atomic E-state index is 13.2. The molecule has 2 heterocycles. The molecule has 1 aliphatic heterocycles. The first kappa shape index (κ1) is 13.0. The van der Waals surface area contributed by atoms with Gasteiger partial charge in [-0.15, -0.1) is 15.2 Å². The third kappa shape index (κ3) is 2.17. The zero-order chi connectivity index (χ0) is 15.0. The Morgan fingerprint density at radius 3 is 2.76 bits per heavy atom. The lowest BCUT2D eigenvalue weighted by Crippen LogP contribution is -2.26. The highest BCUT2D eigenvalue weighted by Crippen LogP contribution is 2.47. The quantitative estimate of drug-likeness (QED) is 0.797. The maximum Gasteiger partial charge on any atom is 0.586 e. The molecule has 21 heavy (non-hydrogen) atoms. The number of para-hydroxylation sites is 1. The average molecular weight is 286 g/mol. The molecule has 0 N–H and O–H groups in total. The highest BCUT2D eigenvalue weighted by molar-refractivity contribution is 5.78. The van der Waals surface area contributed by atoms with Crippen LogP contribution in [0.4, 0.5) is 8.78 Å². The predicted molar refractivity (Wildman–Crippen MR) is 69.6 cm³/mol. The van der Waals surface area contributed by atoms with Crippen molar-refractivity contribution in [3.8, 4) is 41.0 Å². The molecule has 0 aliphatic carbocycles. The topological polar surface area (TPSA) is 47.2 Å². The summed E-state index contributed by atoms with van der Waals surface area (Å²) in [6, 6.07) is 6.53. The molecule has 1 aromatic carbocycles. The van der Waals surface area contributed by atoms with Crippen molar-refractivity contribution in [3.63, 3.8) is 0 Å². The summed E-state index contributed by atoms with van der Waals surface area (Å²) in [4.78, 5) is 0. The highest BCUT2D eigenvalue weighted by Gasteiger charge is 2.44. The lowest BCUT2D eigenvalue weighted by atomic mass is 10.0. The summed E-state index contributed by atoms with van der Waals surface area (Å²) >= 11 is 0. The van der Waals surface area contributed by atoms with Crippen molar-refractivity contribution >= 4 is 0 Å². The van der Waals surface area contributed by atoms with E-state index in [2.05, 4.69) is 15.4 Å². The van der Waals surface area contributed by atoms with Gasteiger partial charge in [0.15, 0.2) is 11.5 Å². The van der Waals surface area contributed by atoms with E-state index in [1.807, 2.05) is 6.07 Å². The minimum absolute atomic E-state index is 0.0638. The number of fused-ring (bicyclic) bond motifs is 1. The Labute approximate surface area is 119 Å². The molecule has 0 bridgehead atoms. The van der Waals surface area contributed by atoms with Crippen LogP contribution in [-0.4, -0.2) is 10.9 Å². The summed E-state index contributed by atoms with van der Waals surface area (Å²) in [6.45, 7) is 0.275. The fourth-order valence-electron chi connectivity index (χ4n) is 2.19. The smallest absolute Gasteiger partial charge is 0.395 e. The molecule has 0 saturated heterocycles. The lowest BCUT2D eigenvalue weighted by molar-refractivity contribution is -0.286. The molecule has 1 aliphatic rings. The van der Waals surface area contributed by atoms with E-state index in [0.717, 1.165) is 0 Å². The van der Waals surface area contributed by atoms with E-state index in [1.54, 1.807) is 29.1 Å². The molecule has 0 fully saturated rings. The van der Waals surface area contributed by atoms with Gasteiger partial charge in [-0.25, -0.2) is 0 Å². The van der Waals surface area contributed by atoms with E-state index < -0.39 is 6.29 Å². The molecule has 0 saturated carbocycles. The minimum Gasteiger partial charge on any atom is -0.395 e. The van der Waals surface area contributed by atoms with E-state index in [0.29, 0.717) is 16.7 Å². The molecule has 6 heteroatoms. The fourth-order valence-corrected chi connectivity index (χ4v) is 2.19. The summed E-state index contributed by atoms with van der Waals surface area (Å²) in [7, 11) is 0. The zero-order valence-corrected chi connectivity index (χ0v) is 10.6. The van der Waals surface area contributed by atoms with Crippen LogP contribution in [0.25, 0.3) is 11.1 Å². The van der Waals surface area contributed by atoms with Crippen molar-refractivity contribution in [1.29, 1.82) is 5.26 Å². The van der Waals surface area contributed by atoms with Crippen LogP contribution in [0.5, 0.6) is 11.5 Å². The van der Waals surface area contributed by atoms with Gasteiger partial charge in [0.2, 0.25) is 0 Å². The fraction of sp³-hybridized carbons (Fsp3) is 0.133. The number of nitriles is 1. The Morgan fingerprint density at radius 1 is 1.24 bits per heavy atom. The monoisotopic (exact) mass is 286 g/mol. The zero-order valence-electron chi connectivity index (χ0n) is 10.6. The Hall–Kier alpha value is -2.99. The van der Waals surface area contributed by atoms with Crippen molar-refractivity contribution in [2.24, 2.45) is 0 Å². The first-order valence-electron chi connectivity index (χ1n) is 5.96. The first-order chi connectivity index (χ1) is 10.0. The summed E-state index contributed by atoms with van der Waals surface area (Å²) in [5, 5.41) is 9.18. The van der Waals surface area contributed by atoms with E-state index >= 15 is 0 Å². The summed E-state index contributed by atoms with van der Waals surface area (Å²) in [6.07, 6.45) is 4.70. The molecule has 0 radical (unpaired) electrons. The number of hydrogen-bond donors (Lipinski definition) is 0. The van der Waals surface area contributed by atoms with Gasteiger partial charge in [0.05, 0.1) is 12.1 Å². The number of nitrogens with zero attached hydrogens (tertiary/aromatic N) is 2. The molecule has 1 aromatic heterocycles. The van der Waals surface area contributed by atoms with Gasteiger partial charge < -0.3 is 14.0 Å². The van der Waals surface area contributed by atoms with Gasteiger partial charge in [-0.05, 0) is 6.07 Å². The number of alkyl halides is 2. The summed E-state index contributed by atoms with van der Waals surface area (Å²) in [5.74, 6) is 2.29. The molecule has 3 rings (SSSR count). The van der Waals surface area contributed by atoms with Crippen LogP contribution in [0.15, 0.2) is 30.6 Å². The van der Waals surface area contributed by atoms with Gasteiger partial charge in [-0.3, -0.25) is 0 Å². The van der Waals surface area contributed by atoms with Crippen molar-refractivity contribution in [3.05, 3.63) is 36.2 Å². The number of rotatable bonds is 2. The Bertz CT molecular complexity index is 797. The molecule has 0 spiro atoms. The van der Waals surface area contributed by atoms with E-state index in [-0.39, 0.29) is 18.0 Å². The van der Waals surface area contributed by atoms with Gasteiger partial charge in [0, 0.05) is 23.5 Å². The molecule has 104 valence electrons. The van der Waals surface area contributed by atoms with Crippen LogP contribution in [0.1, 0.15) is 5.56 Å². The van der Waals surface area contributed by atoms with Gasteiger partial charge in [-0.2, -0.15) is 5.26 Å². The van der Waals surface area contributed by atoms with Crippen molar-refractivity contribution in [2.45, 2.75) is 12.8 Å². The third-order valence-corrected chi connectivity index (χ3v) is 2.99. The van der Waals surface area contributed by atoms with Crippen LogP contribution < -0.4 is 9.47 Å². The van der Waals surface area contributed by atoms with Gasteiger partial charge in [0.1, 0.15) is 6.07 Å². The first-order valence-corrected chi connectivity index (χ1v) is 5.96. The van der Waals surface area contributed by atoms with Crippen LogP contribution in [0.3, 0.4) is 0 Å². The maximum absolute atomic E-state index is 13.2. The van der Waals surface area contributed by atoms with Gasteiger partial charge in [0.25, 0.3) is 0 Å². The molecule has 0 amide bonds. The minimum atomic E-state index is -3.70. The van der Waals surface area contributed by atoms with Gasteiger partial charge >= 0.3 is 6.29 Å². The number of halogens is 2. The van der Waals surface area contributed by atoms with Crippen LogP contribution >= 0.6 is 0 Å². The standard InChI is InChI=1S/C15H8F2N2O2/c1-2-6-19-8-10(7-18)12(9-19)11-4-3-5-13-14(11)21-15(16,17)20-13/h1,3-5,8-9H,6H2. The van der Waals surface area contributed by atoms with Gasteiger partial charge in [-0.1, -0.05) is 18.1 Å². The molecule has 2 aromatic rings.